The van der Waals surface area contributed by atoms with Crippen LogP contribution in [0.5, 0.6) is 0 Å². The van der Waals surface area contributed by atoms with Crippen LogP contribution in [0.1, 0.15) is 28.4 Å². The van der Waals surface area contributed by atoms with E-state index in [2.05, 4.69) is 0 Å². The predicted octanol–water partition coefficient (Wildman–Crippen LogP) is 2.31. The maximum absolute atomic E-state index is 11.7. The molecule has 0 atom stereocenters. The molecule has 0 aliphatic rings. The van der Waals surface area contributed by atoms with Gasteiger partial charge in [-0.3, -0.25) is 4.79 Å². The Kier molecular flexibility index (Phi) is 6.62. The van der Waals surface area contributed by atoms with Gasteiger partial charge in [0.15, 0.2) is 5.78 Å². The summed E-state index contributed by atoms with van der Waals surface area (Å²) >= 11 is 5.48. The lowest BCUT2D eigenvalue weighted by Gasteiger charge is -2.08. The maximum Gasteiger partial charge on any atom is 0.338 e. The molecule has 0 saturated heterocycles. The van der Waals surface area contributed by atoms with Crippen LogP contribution in [0.15, 0.2) is 24.3 Å². The molecule has 1 aromatic rings. The highest BCUT2D eigenvalue weighted by Crippen LogP contribution is 2.16. The first kappa shape index (κ1) is 16.9. The van der Waals surface area contributed by atoms with E-state index in [1.165, 1.54) is 18.2 Å². The Hall–Kier alpha value is -2.14. The third-order valence-electron chi connectivity index (χ3n) is 2.60. The van der Waals surface area contributed by atoms with E-state index in [0.29, 0.717) is 16.7 Å². The Morgan fingerprint density at radius 3 is 2.62 bits per heavy atom. The van der Waals surface area contributed by atoms with Crippen LogP contribution in [0.3, 0.4) is 0 Å². The molecule has 0 aliphatic heterocycles. The third-order valence-corrected chi connectivity index (χ3v) is 2.89. The normalized spacial score (nSPS) is 10.6. The highest BCUT2D eigenvalue weighted by Gasteiger charge is 2.12. The van der Waals surface area contributed by atoms with Gasteiger partial charge in [-0.2, -0.15) is 0 Å². The molecule has 0 unspecified atom stereocenters. The quantitative estimate of drug-likeness (QED) is 0.475. The highest BCUT2D eigenvalue weighted by molar-refractivity contribution is 6.27. The molecule has 1 N–H and O–H groups in total. The number of ether oxygens (including phenoxy) is 1. The largest absolute Gasteiger partial charge is 0.478 e. The lowest BCUT2D eigenvalue weighted by atomic mass is 9.99. The molecule has 21 heavy (non-hydrogen) atoms. The van der Waals surface area contributed by atoms with Crippen molar-refractivity contribution in [2.45, 2.75) is 13.3 Å². The number of benzene rings is 1. The average Bonchev–Trinajstić information content (AvgIpc) is 2.45. The zero-order chi connectivity index (χ0) is 15.8. The zero-order valence-corrected chi connectivity index (χ0v) is 12.2. The van der Waals surface area contributed by atoms with Crippen LogP contribution in [-0.4, -0.2) is 35.3 Å². The molecule has 0 aromatic heterocycles. The molecule has 0 amide bonds. The molecular formula is C15H15ClO5. The van der Waals surface area contributed by atoms with Crippen molar-refractivity contribution in [1.29, 1.82) is 0 Å². The fourth-order valence-corrected chi connectivity index (χ4v) is 1.78. The summed E-state index contributed by atoms with van der Waals surface area (Å²) in [5, 5.41) is 8.66. The van der Waals surface area contributed by atoms with Crippen molar-refractivity contribution in [1.82, 2.24) is 0 Å². The summed E-state index contributed by atoms with van der Waals surface area (Å²) in [5.74, 6) is -1.96. The van der Waals surface area contributed by atoms with E-state index in [0.717, 1.165) is 6.08 Å². The molecule has 0 saturated carbocycles. The number of carboxylic acid groups (broad SMARTS) is 1. The fourth-order valence-electron chi connectivity index (χ4n) is 1.68. The van der Waals surface area contributed by atoms with Crippen molar-refractivity contribution < 1.29 is 24.2 Å². The van der Waals surface area contributed by atoms with Gasteiger partial charge in [-0.1, -0.05) is 6.07 Å². The van der Waals surface area contributed by atoms with Crippen molar-refractivity contribution in [3.8, 4) is 0 Å². The number of rotatable bonds is 7. The molecule has 1 aromatic carbocycles. The van der Waals surface area contributed by atoms with Crippen LogP contribution < -0.4 is 0 Å². The van der Waals surface area contributed by atoms with E-state index in [1.807, 2.05) is 0 Å². The van der Waals surface area contributed by atoms with Crippen LogP contribution in [0.2, 0.25) is 0 Å². The van der Waals surface area contributed by atoms with Crippen molar-refractivity contribution in [3.63, 3.8) is 0 Å². The summed E-state index contributed by atoms with van der Waals surface area (Å²) in [5.41, 5.74) is 1.38. The van der Waals surface area contributed by atoms with Crippen LogP contribution in [0.4, 0.5) is 0 Å². The number of alkyl halides is 1. The van der Waals surface area contributed by atoms with Gasteiger partial charge in [0.2, 0.25) is 0 Å². The van der Waals surface area contributed by atoms with Crippen molar-refractivity contribution in [3.05, 3.63) is 41.0 Å². The van der Waals surface area contributed by atoms with Gasteiger partial charge in [-0.15, -0.1) is 11.6 Å². The molecule has 0 heterocycles. The second-order valence-electron chi connectivity index (χ2n) is 4.15. The lowest BCUT2D eigenvalue weighted by Crippen LogP contribution is -2.09. The van der Waals surface area contributed by atoms with Crippen LogP contribution in [0.25, 0.3) is 6.08 Å². The van der Waals surface area contributed by atoms with Crippen molar-refractivity contribution in [2.75, 3.05) is 12.5 Å². The number of carboxylic acids is 1. The molecule has 1 rings (SSSR count). The fraction of sp³-hybridized carbons (Fsp3) is 0.267. The molecule has 112 valence electrons. The van der Waals surface area contributed by atoms with E-state index in [4.69, 9.17) is 21.4 Å². The topological polar surface area (TPSA) is 80.7 Å². The van der Waals surface area contributed by atoms with Gasteiger partial charge < -0.3 is 9.84 Å². The average molecular weight is 311 g/mol. The molecule has 6 heteroatoms. The number of aliphatic carboxylic acids is 1. The first-order valence-electron chi connectivity index (χ1n) is 6.26. The van der Waals surface area contributed by atoms with Crippen LogP contribution >= 0.6 is 11.6 Å². The second kappa shape index (κ2) is 8.21. The Morgan fingerprint density at radius 2 is 2.05 bits per heavy atom. The Labute approximate surface area is 127 Å². The molecule has 0 fully saturated rings. The van der Waals surface area contributed by atoms with E-state index >= 15 is 0 Å². The van der Waals surface area contributed by atoms with E-state index < -0.39 is 11.9 Å². The second-order valence-corrected chi connectivity index (χ2v) is 4.42. The van der Waals surface area contributed by atoms with Gasteiger partial charge in [-0.25, -0.2) is 9.59 Å². The Bertz CT molecular complexity index is 577. The number of carbonyl (C=O) groups excluding carboxylic acids is 2. The van der Waals surface area contributed by atoms with Gasteiger partial charge in [0.1, 0.15) is 0 Å². The van der Waals surface area contributed by atoms with Gasteiger partial charge in [0.05, 0.1) is 18.1 Å². The zero-order valence-electron chi connectivity index (χ0n) is 11.5. The first-order valence-corrected chi connectivity index (χ1v) is 6.80. The van der Waals surface area contributed by atoms with Gasteiger partial charge in [-0.05, 0) is 36.3 Å². The molecule has 0 radical (unpaired) electrons. The summed E-state index contributed by atoms with van der Waals surface area (Å²) < 4.78 is 4.89. The van der Waals surface area contributed by atoms with Crippen LogP contribution in [0, 0.1) is 0 Å². The van der Waals surface area contributed by atoms with Crippen molar-refractivity contribution in [2.24, 2.45) is 0 Å². The molecule has 5 nitrogen and oxygen atoms in total. The minimum Gasteiger partial charge on any atom is -0.478 e. The molecule has 0 spiro atoms. The summed E-state index contributed by atoms with van der Waals surface area (Å²) in [4.78, 5) is 33.7. The van der Waals surface area contributed by atoms with E-state index in [-0.39, 0.29) is 24.7 Å². The number of esters is 1. The van der Waals surface area contributed by atoms with Gasteiger partial charge >= 0.3 is 11.9 Å². The number of hydrogen-bond acceptors (Lipinski definition) is 4. The minimum absolute atomic E-state index is 0.0238. The Balaban J connectivity index is 3.15. The SMILES string of the molecule is CCOC(=O)c1ccc(/C=C/C(=O)O)c(CC(=O)CCl)c1. The predicted molar refractivity (Wildman–Crippen MR) is 78.5 cm³/mol. The first-order chi connectivity index (χ1) is 9.97. The number of halogens is 1. The molecule has 0 bridgehead atoms. The third kappa shape index (κ3) is 5.39. The van der Waals surface area contributed by atoms with Crippen LogP contribution in [-0.2, 0) is 20.7 Å². The van der Waals surface area contributed by atoms with Crippen molar-refractivity contribution >= 4 is 35.4 Å². The summed E-state index contributed by atoms with van der Waals surface area (Å²) in [6.07, 6.45) is 2.36. The van der Waals surface area contributed by atoms with E-state index in [9.17, 15) is 14.4 Å². The monoisotopic (exact) mass is 310 g/mol. The molecular weight excluding hydrogens is 296 g/mol. The summed E-state index contributed by atoms with van der Waals surface area (Å²) in [6.45, 7) is 1.94. The smallest absolute Gasteiger partial charge is 0.338 e. The number of ketones is 1. The standard InChI is InChI=1S/C15H15ClO5/c1-2-21-15(20)11-4-3-10(5-6-14(18)19)12(7-11)8-13(17)9-16/h3-7H,2,8-9H2,1H3,(H,18,19)/b6-5+. The number of carbonyl (C=O) groups is 3. The van der Waals surface area contributed by atoms with Gasteiger partial charge in [0, 0.05) is 12.5 Å². The van der Waals surface area contributed by atoms with E-state index in [1.54, 1.807) is 13.0 Å². The van der Waals surface area contributed by atoms with Gasteiger partial charge in [0.25, 0.3) is 0 Å². The summed E-state index contributed by atoms with van der Waals surface area (Å²) in [6, 6.07) is 4.61. The lowest BCUT2D eigenvalue weighted by molar-refractivity contribution is -0.131. The number of hydrogen-bond donors (Lipinski definition) is 1. The maximum atomic E-state index is 11.7. The highest BCUT2D eigenvalue weighted by atomic mass is 35.5. The summed E-state index contributed by atoms with van der Waals surface area (Å²) in [7, 11) is 0. The minimum atomic E-state index is -1.10. The molecule has 0 aliphatic carbocycles. The number of Topliss-reactive ketones (excluding diaryl/α,β-unsaturated/α-hetero) is 1. The Morgan fingerprint density at radius 1 is 1.33 bits per heavy atom.